The number of rotatable bonds is 1. The van der Waals surface area contributed by atoms with Crippen molar-refractivity contribution in [1.29, 1.82) is 0 Å². The molecule has 0 aliphatic carbocycles. The summed E-state index contributed by atoms with van der Waals surface area (Å²) in [6.07, 6.45) is 3.62. The molecule has 56 valence electrons. The van der Waals surface area contributed by atoms with Gasteiger partial charge in [-0.2, -0.15) is 0 Å². The summed E-state index contributed by atoms with van der Waals surface area (Å²) in [4.78, 5) is 4.03. The maximum atomic E-state index is 4.03. The summed E-state index contributed by atoms with van der Waals surface area (Å²) in [6, 6.07) is 1.98. The summed E-state index contributed by atoms with van der Waals surface area (Å²) in [5.41, 5.74) is 6.24. The standard InChI is InChI=1S/C10H11N/c1-4-8(2)10-7-11-6-5-9(10)3/h5-7H,1H2,2-3H3. The summed E-state index contributed by atoms with van der Waals surface area (Å²) < 4.78 is 0. The fourth-order valence-corrected chi connectivity index (χ4v) is 0.952. The molecule has 0 aromatic carbocycles. The van der Waals surface area contributed by atoms with Crippen LogP contribution in [0.3, 0.4) is 0 Å². The summed E-state index contributed by atoms with van der Waals surface area (Å²) in [5.74, 6) is 0. The lowest BCUT2D eigenvalue weighted by Gasteiger charge is -2.00. The van der Waals surface area contributed by atoms with E-state index >= 15 is 0 Å². The second-order valence-electron chi connectivity index (χ2n) is 2.49. The van der Waals surface area contributed by atoms with E-state index in [2.05, 4.69) is 24.2 Å². The van der Waals surface area contributed by atoms with Gasteiger partial charge >= 0.3 is 0 Å². The maximum absolute atomic E-state index is 4.03. The zero-order chi connectivity index (χ0) is 8.27. The number of pyridine rings is 1. The molecule has 0 saturated heterocycles. The highest BCUT2D eigenvalue weighted by Gasteiger charge is 1.97. The van der Waals surface area contributed by atoms with Crippen molar-refractivity contribution < 1.29 is 0 Å². The molecule has 0 amide bonds. The highest BCUT2D eigenvalue weighted by molar-refractivity contribution is 5.64. The number of nitrogens with zero attached hydrogens (tertiary/aromatic N) is 1. The normalized spacial score (nSPS) is 8.91. The third-order valence-corrected chi connectivity index (χ3v) is 1.71. The lowest BCUT2D eigenvalue weighted by Crippen LogP contribution is -1.85. The van der Waals surface area contributed by atoms with Crippen LogP contribution in [0.1, 0.15) is 18.1 Å². The second kappa shape index (κ2) is 3.18. The first-order valence-corrected chi connectivity index (χ1v) is 3.53. The van der Waals surface area contributed by atoms with E-state index in [4.69, 9.17) is 0 Å². The lowest BCUT2D eigenvalue weighted by atomic mass is 10.1. The Hall–Kier alpha value is -1.33. The Bertz CT molecular complexity index is 306. The van der Waals surface area contributed by atoms with Crippen LogP contribution in [0.2, 0.25) is 0 Å². The van der Waals surface area contributed by atoms with Crippen LogP contribution in [0.5, 0.6) is 0 Å². The van der Waals surface area contributed by atoms with Crippen molar-refractivity contribution in [3.8, 4) is 0 Å². The molecule has 1 aromatic rings. The average molecular weight is 145 g/mol. The molecule has 0 aliphatic heterocycles. The third kappa shape index (κ3) is 1.57. The molecule has 0 radical (unpaired) electrons. The Morgan fingerprint density at radius 3 is 2.91 bits per heavy atom. The van der Waals surface area contributed by atoms with Crippen molar-refractivity contribution in [2.24, 2.45) is 0 Å². The van der Waals surface area contributed by atoms with Gasteiger partial charge in [-0.15, -0.1) is 5.73 Å². The van der Waals surface area contributed by atoms with Gasteiger partial charge in [0.05, 0.1) is 0 Å². The van der Waals surface area contributed by atoms with Gasteiger partial charge in [0, 0.05) is 18.0 Å². The molecule has 0 aliphatic rings. The molecule has 1 rings (SSSR count). The first kappa shape index (κ1) is 7.77. The minimum absolute atomic E-state index is 1.05. The maximum Gasteiger partial charge on any atom is 0.0351 e. The Labute approximate surface area is 67.1 Å². The van der Waals surface area contributed by atoms with Gasteiger partial charge in [0.15, 0.2) is 0 Å². The molecule has 0 fully saturated rings. The molecule has 1 nitrogen and oxygen atoms in total. The Kier molecular flexibility index (Phi) is 2.25. The smallest absolute Gasteiger partial charge is 0.0351 e. The molecule has 0 saturated carbocycles. The second-order valence-corrected chi connectivity index (χ2v) is 2.49. The van der Waals surface area contributed by atoms with E-state index in [1.807, 2.05) is 19.2 Å². The fraction of sp³-hybridized carbons (Fsp3) is 0.200. The van der Waals surface area contributed by atoms with Crippen LogP contribution < -0.4 is 0 Å². The summed E-state index contributed by atoms with van der Waals surface area (Å²) in [6.45, 7) is 7.62. The van der Waals surface area contributed by atoms with E-state index in [9.17, 15) is 0 Å². The lowest BCUT2D eigenvalue weighted by molar-refractivity contribution is 1.26. The van der Waals surface area contributed by atoms with Crippen molar-refractivity contribution >= 4 is 5.57 Å². The highest BCUT2D eigenvalue weighted by Crippen LogP contribution is 2.14. The zero-order valence-electron chi connectivity index (χ0n) is 6.89. The predicted molar refractivity (Wildman–Crippen MR) is 47.2 cm³/mol. The van der Waals surface area contributed by atoms with Crippen LogP contribution >= 0.6 is 0 Å². The molecule has 0 bridgehead atoms. The minimum atomic E-state index is 1.05. The van der Waals surface area contributed by atoms with Crippen molar-refractivity contribution in [1.82, 2.24) is 4.98 Å². The van der Waals surface area contributed by atoms with Gasteiger partial charge in [-0.05, 0) is 31.1 Å². The number of aromatic nitrogens is 1. The van der Waals surface area contributed by atoms with E-state index in [0.717, 1.165) is 11.1 Å². The van der Waals surface area contributed by atoms with Crippen LogP contribution in [-0.4, -0.2) is 4.98 Å². The van der Waals surface area contributed by atoms with Gasteiger partial charge in [-0.3, -0.25) is 4.98 Å². The van der Waals surface area contributed by atoms with Crippen LogP contribution in [-0.2, 0) is 0 Å². The van der Waals surface area contributed by atoms with Crippen molar-refractivity contribution in [2.75, 3.05) is 0 Å². The van der Waals surface area contributed by atoms with Gasteiger partial charge in [0.2, 0.25) is 0 Å². The Morgan fingerprint density at radius 1 is 1.64 bits per heavy atom. The SMILES string of the molecule is C=C=C(C)c1cnccc1C. The van der Waals surface area contributed by atoms with Gasteiger partial charge in [0.25, 0.3) is 0 Å². The van der Waals surface area contributed by atoms with E-state index in [1.165, 1.54) is 5.56 Å². The molecular formula is C10H11N. The van der Waals surface area contributed by atoms with Crippen molar-refractivity contribution in [2.45, 2.75) is 13.8 Å². The number of aryl methyl sites for hydroxylation is 1. The van der Waals surface area contributed by atoms with Crippen LogP contribution in [0.15, 0.2) is 30.8 Å². The topological polar surface area (TPSA) is 12.9 Å². The van der Waals surface area contributed by atoms with E-state index in [0.29, 0.717) is 0 Å². The summed E-state index contributed by atoms with van der Waals surface area (Å²) in [5, 5.41) is 0. The molecule has 0 spiro atoms. The fourth-order valence-electron chi connectivity index (χ4n) is 0.952. The molecular weight excluding hydrogens is 134 g/mol. The van der Waals surface area contributed by atoms with Crippen molar-refractivity contribution in [3.63, 3.8) is 0 Å². The Balaban J connectivity index is 3.24. The van der Waals surface area contributed by atoms with Crippen molar-refractivity contribution in [3.05, 3.63) is 41.9 Å². The number of hydrogen-bond donors (Lipinski definition) is 0. The van der Waals surface area contributed by atoms with Crippen LogP contribution in [0.25, 0.3) is 5.57 Å². The summed E-state index contributed by atoms with van der Waals surface area (Å²) >= 11 is 0. The molecule has 0 N–H and O–H groups in total. The predicted octanol–water partition coefficient (Wildman–Crippen LogP) is 2.58. The third-order valence-electron chi connectivity index (χ3n) is 1.71. The largest absolute Gasteiger partial charge is 0.264 e. The molecule has 0 unspecified atom stereocenters. The van der Waals surface area contributed by atoms with Gasteiger partial charge in [-0.1, -0.05) is 6.58 Å². The Morgan fingerprint density at radius 2 is 2.36 bits per heavy atom. The average Bonchev–Trinajstić information content (AvgIpc) is 2.04. The van der Waals surface area contributed by atoms with Crippen LogP contribution in [0, 0.1) is 6.92 Å². The summed E-state index contributed by atoms with van der Waals surface area (Å²) in [7, 11) is 0. The zero-order valence-corrected chi connectivity index (χ0v) is 6.89. The first-order valence-electron chi connectivity index (χ1n) is 3.53. The number of hydrogen-bond acceptors (Lipinski definition) is 1. The van der Waals surface area contributed by atoms with Gasteiger partial charge < -0.3 is 0 Å². The monoisotopic (exact) mass is 145 g/mol. The van der Waals surface area contributed by atoms with E-state index in [-0.39, 0.29) is 0 Å². The van der Waals surface area contributed by atoms with Crippen LogP contribution in [0.4, 0.5) is 0 Å². The number of allylic oxidation sites excluding steroid dienone is 1. The molecule has 1 heterocycles. The molecule has 0 atom stereocenters. The quantitative estimate of drug-likeness (QED) is 0.553. The van der Waals surface area contributed by atoms with Gasteiger partial charge in [0.1, 0.15) is 0 Å². The molecule has 1 heteroatoms. The minimum Gasteiger partial charge on any atom is -0.264 e. The van der Waals surface area contributed by atoms with E-state index in [1.54, 1.807) is 6.20 Å². The van der Waals surface area contributed by atoms with E-state index < -0.39 is 0 Å². The molecule has 1 aromatic heterocycles. The highest BCUT2D eigenvalue weighted by atomic mass is 14.6. The van der Waals surface area contributed by atoms with Gasteiger partial charge in [-0.25, -0.2) is 0 Å². The molecule has 11 heavy (non-hydrogen) atoms. The first-order chi connectivity index (χ1) is 5.25.